The Morgan fingerprint density at radius 1 is 0.520 bits per heavy atom. The number of aryl methyl sites for hydroxylation is 2. The molecule has 0 saturated heterocycles. The molecule has 5 rings (SSSR count). The maximum atomic E-state index is 2.38. The molecule has 3 aromatic rings. The van der Waals surface area contributed by atoms with E-state index in [2.05, 4.69) is 48.5 Å². The Hall–Kier alpha value is -2.08. The monoisotopic (exact) mass is 326 g/mol. The third-order valence-electron chi connectivity index (χ3n) is 6.29. The molecule has 0 unspecified atom stereocenters. The predicted molar refractivity (Wildman–Crippen MR) is 107 cm³/mol. The first-order chi connectivity index (χ1) is 12.4. The van der Waals surface area contributed by atoms with Crippen LogP contribution in [0.4, 0.5) is 0 Å². The van der Waals surface area contributed by atoms with Gasteiger partial charge in [0, 0.05) is 0 Å². The van der Waals surface area contributed by atoms with Gasteiger partial charge in [0.15, 0.2) is 0 Å². The van der Waals surface area contributed by atoms with Crippen LogP contribution >= 0.6 is 0 Å². The maximum absolute atomic E-state index is 2.38. The van der Waals surface area contributed by atoms with Gasteiger partial charge in [-0.15, -0.1) is 0 Å². The van der Waals surface area contributed by atoms with E-state index in [4.69, 9.17) is 0 Å². The molecule has 0 radical (unpaired) electrons. The molecule has 0 fully saturated rings. The van der Waals surface area contributed by atoms with Crippen molar-refractivity contribution in [3.63, 3.8) is 0 Å². The zero-order chi connectivity index (χ0) is 16.6. The predicted octanol–water partition coefficient (Wildman–Crippen LogP) is 6.65. The van der Waals surface area contributed by atoms with Gasteiger partial charge >= 0.3 is 0 Å². The standard InChI is InChI=1S/C25H26/c1-2-7-15-21-20(14-6-1)22-16-8-12-19-13-9-17-23(25(19)22)24(21)18-10-4-3-5-11-18/h3-5,9-11,13,17H,1-2,6-8,12,14-16H2. The highest BCUT2D eigenvalue weighted by Gasteiger charge is 2.24. The summed E-state index contributed by atoms with van der Waals surface area (Å²) >= 11 is 0. The minimum absolute atomic E-state index is 1.25. The van der Waals surface area contributed by atoms with E-state index in [0.717, 1.165) is 0 Å². The largest absolute Gasteiger partial charge is 0.0622 e. The van der Waals surface area contributed by atoms with Gasteiger partial charge in [-0.25, -0.2) is 0 Å². The quantitative estimate of drug-likeness (QED) is 0.469. The minimum Gasteiger partial charge on any atom is -0.0622 e. The van der Waals surface area contributed by atoms with Crippen LogP contribution in [0.15, 0.2) is 48.5 Å². The lowest BCUT2D eigenvalue weighted by Gasteiger charge is -2.28. The first kappa shape index (κ1) is 15.2. The van der Waals surface area contributed by atoms with Crippen molar-refractivity contribution in [1.82, 2.24) is 0 Å². The van der Waals surface area contributed by atoms with E-state index in [-0.39, 0.29) is 0 Å². The van der Waals surface area contributed by atoms with E-state index in [1.807, 2.05) is 0 Å². The summed E-state index contributed by atoms with van der Waals surface area (Å²) in [6, 6.07) is 18.2. The van der Waals surface area contributed by atoms with Crippen LogP contribution in [0.2, 0.25) is 0 Å². The lowest BCUT2D eigenvalue weighted by Crippen LogP contribution is -2.11. The molecule has 0 N–H and O–H groups in total. The summed E-state index contributed by atoms with van der Waals surface area (Å²) in [5.41, 5.74) is 9.63. The molecule has 0 spiro atoms. The third kappa shape index (κ3) is 2.51. The second-order valence-electron chi connectivity index (χ2n) is 7.78. The summed E-state index contributed by atoms with van der Waals surface area (Å²) in [5, 5.41) is 3.12. The van der Waals surface area contributed by atoms with Gasteiger partial charge in [-0.05, 0) is 89.1 Å². The van der Waals surface area contributed by atoms with Crippen molar-refractivity contribution < 1.29 is 0 Å². The number of rotatable bonds is 1. The molecule has 0 aromatic heterocycles. The van der Waals surface area contributed by atoms with Gasteiger partial charge in [-0.3, -0.25) is 0 Å². The molecule has 0 atom stereocenters. The van der Waals surface area contributed by atoms with Crippen LogP contribution in [0.1, 0.15) is 54.4 Å². The van der Waals surface area contributed by atoms with Crippen LogP contribution < -0.4 is 0 Å². The van der Waals surface area contributed by atoms with Crippen LogP contribution in [0.3, 0.4) is 0 Å². The molecule has 0 nitrogen and oxygen atoms in total. The Morgan fingerprint density at radius 3 is 2.12 bits per heavy atom. The van der Waals surface area contributed by atoms with Gasteiger partial charge in [-0.1, -0.05) is 61.4 Å². The molecule has 0 amide bonds. The lowest BCUT2D eigenvalue weighted by molar-refractivity contribution is 0.613. The average Bonchev–Trinajstić information content (AvgIpc) is 2.64. The first-order valence-corrected chi connectivity index (χ1v) is 10.1. The molecule has 0 heteroatoms. The third-order valence-corrected chi connectivity index (χ3v) is 6.29. The topological polar surface area (TPSA) is 0 Å². The van der Waals surface area contributed by atoms with E-state index in [0.29, 0.717) is 0 Å². The van der Waals surface area contributed by atoms with E-state index in [1.165, 1.54) is 68.7 Å². The highest BCUT2D eigenvalue weighted by atomic mass is 14.3. The van der Waals surface area contributed by atoms with Crippen LogP contribution in [0, 0.1) is 0 Å². The SMILES string of the molecule is c1ccc(-c2c3c(c4c5c(cccc25)CCC4)CCCCCC3)cc1. The summed E-state index contributed by atoms with van der Waals surface area (Å²) in [6.45, 7) is 0. The van der Waals surface area contributed by atoms with Crippen LogP contribution in [-0.2, 0) is 25.7 Å². The Morgan fingerprint density at radius 2 is 1.28 bits per heavy atom. The molecular formula is C25H26. The number of fused-ring (bicyclic) bond motifs is 2. The van der Waals surface area contributed by atoms with Crippen LogP contribution in [0.25, 0.3) is 21.9 Å². The molecule has 3 aromatic carbocycles. The first-order valence-electron chi connectivity index (χ1n) is 10.1. The van der Waals surface area contributed by atoms with E-state index in [9.17, 15) is 0 Å². The van der Waals surface area contributed by atoms with Gasteiger partial charge < -0.3 is 0 Å². The zero-order valence-electron chi connectivity index (χ0n) is 15.0. The van der Waals surface area contributed by atoms with Crippen LogP contribution in [0.5, 0.6) is 0 Å². The fourth-order valence-corrected chi connectivity index (χ4v) is 5.22. The van der Waals surface area contributed by atoms with Crippen molar-refractivity contribution in [2.24, 2.45) is 0 Å². The summed E-state index contributed by atoms with van der Waals surface area (Å²) in [6.07, 6.45) is 11.9. The fourth-order valence-electron chi connectivity index (χ4n) is 5.22. The normalized spacial score (nSPS) is 17.0. The highest BCUT2D eigenvalue weighted by molar-refractivity contribution is 6.03. The van der Waals surface area contributed by atoms with E-state index in [1.54, 1.807) is 33.2 Å². The van der Waals surface area contributed by atoms with Crippen molar-refractivity contribution in [2.45, 2.75) is 57.8 Å². The zero-order valence-corrected chi connectivity index (χ0v) is 15.0. The smallest absolute Gasteiger partial charge is 0.00703 e. The molecule has 0 saturated carbocycles. The van der Waals surface area contributed by atoms with Gasteiger partial charge in [0.05, 0.1) is 0 Å². The Bertz CT molecular complexity index is 918. The lowest BCUT2D eigenvalue weighted by atomic mass is 9.76. The second-order valence-corrected chi connectivity index (χ2v) is 7.78. The maximum Gasteiger partial charge on any atom is -0.00703 e. The fraction of sp³-hybridized carbons (Fsp3) is 0.360. The molecule has 0 heterocycles. The van der Waals surface area contributed by atoms with Crippen molar-refractivity contribution in [2.75, 3.05) is 0 Å². The van der Waals surface area contributed by atoms with Crippen LogP contribution in [-0.4, -0.2) is 0 Å². The molecular weight excluding hydrogens is 300 g/mol. The summed E-state index contributed by atoms with van der Waals surface area (Å²) < 4.78 is 0. The molecule has 0 bridgehead atoms. The van der Waals surface area contributed by atoms with Crippen molar-refractivity contribution in [1.29, 1.82) is 0 Å². The minimum atomic E-state index is 1.25. The molecule has 2 aliphatic rings. The number of hydrogen-bond donors (Lipinski definition) is 0. The summed E-state index contributed by atoms with van der Waals surface area (Å²) in [5.74, 6) is 0. The Balaban J connectivity index is 1.91. The van der Waals surface area contributed by atoms with Crippen molar-refractivity contribution in [3.8, 4) is 11.1 Å². The Kier molecular flexibility index (Phi) is 3.85. The second kappa shape index (κ2) is 6.33. The van der Waals surface area contributed by atoms with Gasteiger partial charge in [-0.2, -0.15) is 0 Å². The average molecular weight is 326 g/mol. The molecule has 0 aliphatic heterocycles. The molecule has 25 heavy (non-hydrogen) atoms. The number of hydrogen-bond acceptors (Lipinski definition) is 0. The summed E-state index contributed by atoms with van der Waals surface area (Å²) in [7, 11) is 0. The summed E-state index contributed by atoms with van der Waals surface area (Å²) in [4.78, 5) is 0. The van der Waals surface area contributed by atoms with Crippen molar-refractivity contribution in [3.05, 3.63) is 70.8 Å². The number of benzene rings is 3. The van der Waals surface area contributed by atoms with E-state index >= 15 is 0 Å². The Labute approximate surface area is 150 Å². The van der Waals surface area contributed by atoms with Gasteiger partial charge in [0.1, 0.15) is 0 Å². The molecule has 126 valence electrons. The van der Waals surface area contributed by atoms with Gasteiger partial charge in [0.2, 0.25) is 0 Å². The van der Waals surface area contributed by atoms with Gasteiger partial charge in [0.25, 0.3) is 0 Å². The molecule has 2 aliphatic carbocycles. The van der Waals surface area contributed by atoms with Crippen molar-refractivity contribution >= 4 is 10.8 Å². The van der Waals surface area contributed by atoms with E-state index < -0.39 is 0 Å². The highest BCUT2D eigenvalue weighted by Crippen LogP contribution is 2.43.